The fourth-order valence-electron chi connectivity index (χ4n) is 2.47. The number of nitrogens with zero attached hydrogens (tertiary/aromatic N) is 1. The van der Waals surface area contributed by atoms with Crippen molar-refractivity contribution in [1.29, 1.82) is 0 Å². The molecule has 152 valence electrons. The molecule has 0 aliphatic rings. The lowest BCUT2D eigenvalue weighted by atomic mass is 10.2. The summed E-state index contributed by atoms with van der Waals surface area (Å²) >= 11 is 9.27. The van der Waals surface area contributed by atoms with Gasteiger partial charge in [0.1, 0.15) is 5.75 Å². The van der Waals surface area contributed by atoms with Crippen LogP contribution in [-0.2, 0) is 4.79 Å². The van der Waals surface area contributed by atoms with Gasteiger partial charge in [-0.05, 0) is 81.7 Å². The predicted octanol–water partition coefficient (Wildman–Crippen LogP) is 6.19. The summed E-state index contributed by atoms with van der Waals surface area (Å²) in [4.78, 5) is 16.6. The van der Waals surface area contributed by atoms with E-state index >= 15 is 0 Å². The van der Waals surface area contributed by atoms with Gasteiger partial charge in [-0.2, -0.15) is 0 Å². The van der Waals surface area contributed by atoms with Crippen LogP contribution < -0.4 is 9.47 Å². The standard InChI is InChI=1S/C23H17BrClNO4/c1-29-21-13-16(14-26-18-7-9-19(27)10-8-18)12-20(24)23(21)30-22(28)11-4-15-2-5-17(25)6-3-15/h2-14,27H,1H3/b11-4+,26-14+. The topological polar surface area (TPSA) is 68.1 Å². The van der Waals surface area contributed by atoms with E-state index in [4.69, 9.17) is 21.1 Å². The van der Waals surface area contributed by atoms with Gasteiger partial charge < -0.3 is 14.6 Å². The molecular formula is C23H17BrClNO4. The van der Waals surface area contributed by atoms with Gasteiger partial charge in [-0.25, -0.2) is 4.79 Å². The third-order valence-corrected chi connectivity index (χ3v) is 4.79. The Balaban J connectivity index is 1.75. The molecule has 30 heavy (non-hydrogen) atoms. The van der Waals surface area contributed by atoms with E-state index in [1.165, 1.54) is 13.2 Å². The molecule has 0 unspecified atom stereocenters. The van der Waals surface area contributed by atoms with Gasteiger partial charge in [-0.15, -0.1) is 0 Å². The Labute approximate surface area is 187 Å². The molecule has 0 radical (unpaired) electrons. The van der Waals surface area contributed by atoms with E-state index in [-0.39, 0.29) is 11.5 Å². The van der Waals surface area contributed by atoms with Crippen LogP contribution in [0.1, 0.15) is 11.1 Å². The Bertz CT molecular complexity index is 1090. The van der Waals surface area contributed by atoms with Crippen LogP contribution in [0.5, 0.6) is 17.2 Å². The summed E-state index contributed by atoms with van der Waals surface area (Å²) in [6, 6.07) is 17.1. The molecule has 5 nitrogen and oxygen atoms in total. The number of methoxy groups -OCH3 is 1. The van der Waals surface area contributed by atoms with Gasteiger partial charge in [0.15, 0.2) is 11.5 Å². The first-order chi connectivity index (χ1) is 14.4. The number of hydrogen-bond acceptors (Lipinski definition) is 5. The van der Waals surface area contributed by atoms with Crippen molar-refractivity contribution in [2.75, 3.05) is 7.11 Å². The molecule has 3 aromatic carbocycles. The van der Waals surface area contributed by atoms with Crippen molar-refractivity contribution in [2.45, 2.75) is 0 Å². The van der Waals surface area contributed by atoms with Gasteiger partial charge in [-0.3, -0.25) is 4.99 Å². The van der Waals surface area contributed by atoms with E-state index in [9.17, 15) is 9.90 Å². The molecule has 3 rings (SSSR count). The first-order valence-corrected chi connectivity index (χ1v) is 9.98. The molecule has 0 bridgehead atoms. The van der Waals surface area contributed by atoms with Crippen molar-refractivity contribution in [2.24, 2.45) is 4.99 Å². The van der Waals surface area contributed by atoms with Crippen LogP contribution in [0.3, 0.4) is 0 Å². The molecule has 0 fully saturated rings. The maximum absolute atomic E-state index is 12.2. The van der Waals surface area contributed by atoms with Crippen LogP contribution in [0.25, 0.3) is 6.08 Å². The molecule has 0 aliphatic carbocycles. The van der Waals surface area contributed by atoms with Gasteiger partial charge in [0.2, 0.25) is 0 Å². The van der Waals surface area contributed by atoms with Crippen molar-refractivity contribution in [1.82, 2.24) is 0 Å². The van der Waals surface area contributed by atoms with Crippen molar-refractivity contribution in [3.8, 4) is 17.2 Å². The van der Waals surface area contributed by atoms with Gasteiger partial charge >= 0.3 is 5.97 Å². The maximum Gasteiger partial charge on any atom is 0.336 e. The fraction of sp³-hybridized carbons (Fsp3) is 0.0435. The van der Waals surface area contributed by atoms with Crippen LogP contribution in [0.2, 0.25) is 5.02 Å². The highest BCUT2D eigenvalue weighted by molar-refractivity contribution is 9.10. The number of carbonyl (C=O) groups is 1. The summed E-state index contributed by atoms with van der Waals surface area (Å²) in [6.07, 6.45) is 4.61. The zero-order chi connectivity index (χ0) is 21.5. The number of phenolic OH excluding ortho intramolecular Hbond substituents is 1. The highest BCUT2D eigenvalue weighted by Crippen LogP contribution is 2.36. The fourth-order valence-corrected chi connectivity index (χ4v) is 3.14. The van der Waals surface area contributed by atoms with Crippen molar-refractivity contribution < 1.29 is 19.4 Å². The molecule has 0 aliphatic heterocycles. The van der Waals surface area contributed by atoms with E-state index in [2.05, 4.69) is 20.9 Å². The molecule has 0 heterocycles. The zero-order valence-electron chi connectivity index (χ0n) is 15.9. The average molecular weight is 487 g/mol. The average Bonchev–Trinajstić information content (AvgIpc) is 2.74. The second kappa shape index (κ2) is 10.1. The zero-order valence-corrected chi connectivity index (χ0v) is 18.2. The minimum atomic E-state index is -0.547. The second-order valence-electron chi connectivity index (χ2n) is 6.11. The van der Waals surface area contributed by atoms with Crippen LogP contribution in [0.15, 0.2) is 76.2 Å². The number of halogens is 2. The summed E-state index contributed by atoms with van der Waals surface area (Å²) in [5.74, 6) is 0.277. The Hall–Kier alpha value is -3.09. The lowest BCUT2D eigenvalue weighted by Gasteiger charge is -2.11. The quantitative estimate of drug-likeness (QED) is 0.195. The normalized spacial score (nSPS) is 11.2. The van der Waals surface area contributed by atoms with E-state index in [0.717, 1.165) is 11.1 Å². The number of ether oxygens (including phenoxy) is 2. The number of esters is 1. The number of rotatable bonds is 6. The van der Waals surface area contributed by atoms with E-state index < -0.39 is 5.97 Å². The molecule has 3 aromatic rings. The molecule has 1 N–H and O–H groups in total. The largest absolute Gasteiger partial charge is 0.508 e. The molecule has 0 saturated carbocycles. The predicted molar refractivity (Wildman–Crippen MR) is 122 cm³/mol. The minimum absolute atomic E-state index is 0.176. The summed E-state index contributed by atoms with van der Waals surface area (Å²) in [7, 11) is 1.49. The smallest absolute Gasteiger partial charge is 0.336 e. The van der Waals surface area contributed by atoms with E-state index in [1.54, 1.807) is 73.0 Å². The van der Waals surface area contributed by atoms with Crippen molar-refractivity contribution >= 4 is 51.5 Å². The van der Waals surface area contributed by atoms with Crippen molar-refractivity contribution in [3.05, 3.63) is 87.4 Å². The highest BCUT2D eigenvalue weighted by atomic mass is 79.9. The van der Waals surface area contributed by atoms with Gasteiger partial charge in [-0.1, -0.05) is 23.7 Å². The third-order valence-electron chi connectivity index (χ3n) is 3.95. The van der Waals surface area contributed by atoms with E-state index in [1.807, 2.05) is 0 Å². The monoisotopic (exact) mass is 485 g/mol. The number of aromatic hydroxyl groups is 1. The summed E-state index contributed by atoms with van der Waals surface area (Å²) < 4.78 is 11.4. The molecule has 0 aromatic heterocycles. The first kappa shape index (κ1) is 21.6. The summed E-state index contributed by atoms with van der Waals surface area (Å²) in [5.41, 5.74) is 2.25. The van der Waals surface area contributed by atoms with Crippen LogP contribution in [0, 0.1) is 0 Å². The Morgan fingerprint density at radius 3 is 2.43 bits per heavy atom. The number of phenols is 1. The molecule has 7 heteroatoms. The van der Waals surface area contributed by atoms with Crippen LogP contribution >= 0.6 is 27.5 Å². The lowest BCUT2D eigenvalue weighted by molar-refractivity contribution is -0.129. The van der Waals surface area contributed by atoms with Crippen molar-refractivity contribution in [3.63, 3.8) is 0 Å². The third kappa shape index (κ3) is 5.95. The lowest BCUT2D eigenvalue weighted by Crippen LogP contribution is -2.06. The summed E-state index contributed by atoms with van der Waals surface area (Å²) in [5, 5.41) is 9.96. The Morgan fingerprint density at radius 1 is 1.07 bits per heavy atom. The summed E-state index contributed by atoms with van der Waals surface area (Å²) in [6.45, 7) is 0. The Kier molecular flexibility index (Phi) is 7.27. The molecule has 0 spiro atoms. The molecule has 0 amide bonds. The first-order valence-electron chi connectivity index (χ1n) is 8.80. The molecule has 0 atom stereocenters. The minimum Gasteiger partial charge on any atom is -0.508 e. The van der Waals surface area contributed by atoms with Gasteiger partial charge in [0.25, 0.3) is 0 Å². The number of benzene rings is 3. The number of hydrogen-bond donors (Lipinski definition) is 1. The molecule has 0 saturated heterocycles. The van der Waals surface area contributed by atoms with Gasteiger partial charge in [0.05, 0.1) is 17.3 Å². The van der Waals surface area contributed by atoms with Crippen LogP contribution in [0.4, 0.5) is 5.69 Å². The number of carbonyl (C=O) groups excluding carboxylic acids is 1. The van der Waals surface area contributed by atoms with Gasteiger partial charge in [0, 0.05) is 17.3 Å². The van der Waals surface area contributed by atoms with Crippen LogP contribution in [-0.4, -0.2) is 24.4 Å². The number of aliphatic imine (C=N–C) groups is 1. The molecular weight excluding hydrogens is 470 g/mol. The Morgan fingerprint density at radius 2 is 1.77 bits per heavy atom. The highest BCUT2D eigenvalue weighted by Gasteiger charge is 2.14. The maximum atomic E-state index is 12.2. The SMILES string of the molecule is COc1cc(/C=N/c2ccc(O)cc2)cc(Br)c1OC(=O)/C=C/c1ccc(Cl)cc1. The van der Waals surface area contributed by atoms with E-state index in [0.29, 0.717) is 20.9 Å². The second-order valence-corrected chi connectivity index (χ2v) is 7.41.